The second-order valence-electron chi connectivity index (χ2n) is 8.54. The van der Waals surface area contributed by atoms with Gasteiger partial charge < -0.3 is 4.74 Å². The molecule has 0 unspecified atom stereocenters. The summed E-state index contributed by atoms with van der Waals surface area (Å²) in [6.07, 6.45) is 3.89. The Kier molecular flexibility index (Phi) is 7.94. The SMILES string of the molecule is COc1c(/C=C(\Cl)c2ccc(NOSC)cc2)cc(N2CCC(=O)NC2=O)cc1C(C)(C)C. The van der Waals surface area contributed by atoms with Crippen LogP contribution < -0.4 is 20.4 Å². The maximum atomic E-state index is 12.5. The Morgan fingerprint density at radius 2 is 1.91 bits per heavy atom. The number of ether oxygens (including phenoxy) is 1. The quantitative estimate of drug-likeness (QED) is 0.291. The lowest BCUT2D eigenvalue weighted by molar-refractivity contribution is -0.120. The van der Waals surface area contributed by atoms with Crippen molar-refractivity contribution in [1.82, 2.24) is 5.32 Å². The van der Waals surface area contributed by atoms with E-state index in [0.29, 0.717) is 23.0 Å². The molecule has 0 aromatic heterocycles. The van der Waals surface area contributed by atoms with Crippen LogP contribution in [0.2, 0.25) is 0 Å². The third-order valence-electron chi connectivity index (χ3n) is 5.17. The molecule has 3 rings (SSSR count). The standard InChI is InChI=1S/C24H28ClN3O4S/c1-24(2,3)19-14-18(28-11-10-21(29)26-23(28)30)12-16(22(19)31-4)13-20(25)15-6-8-17(9-7-15)27-32-33-5/h6-9,12-14,27H,10-11H2,1-5H3,(H,26,29,30)/b20-13-. The Morgan fingerprint density at radius 3 is 2.48 bits per heavy atom. The normalized spacial score (nSPS) is 14.8. The predicted molar refractivity (Wildman–Crippen MR) is 136 cm³/mol. The van der Waals surface area contributed by atoms with Crippen LogP contribution in [0.5, 0.6) is 5.75 Å². The molecule has 3 amide bonds. The summed E-state index contributed by atoms with van der Waals surface area (Å²) in [6, 6.07) is 10.9. The second kappa shape index (κ2) is 10.5. The van der Waals surface area contributed by atoms with Gasteiger partial charge in [0, 0.05) is 53.1 Å². The Bertz CT molecular complexity index is 1060. The van der Waals surface area contributed by atoms with Crippen molar-refractivity contribution in [3.05, 3.63) is 53.1 Å². The Hall–Kier alpha value is -2.68. The minimum atomic E-state index is -0.437. The highest BCUT2D eigenvalue weighted by molar-refractivity contribution is 7.93. The van der Waals surface area contributed by atoms with Crippen LogP contribution in [0, 0.1) is 0 Å². The summed E-state index contributed by atoms with van der Waals surface area (Å²) in [7, 11) is 1.62. The Balaban J connectivity index is 2.05. The van der Waals surface area contributed by atoms with E-state index in [1.165, 1.54) is 12.0 Å². The van der Waals surface area contributed by atoms with E-state index in [-0.39, 0.29) is 17.7 Å². The van der Waals surface area contributed by atoms with Gasteiger partial charge in [-0.25, -0.2) is 9.08 Å². The van der Waals surface area contributed by atoms with Crippen molar-refractivity contribution in [2.45, 2.75) is 32.6 Å². The molecule has 7 nitrogen and oxygen atoms in total. The summed E-state index contributed by atoms with van der Waals surface area (Å²) >= 11 is 7.91. The zero-order valence-corrected chi connectivity index (χ0v) is 20.9. The smallest absolute Gasteiger partial charge is 0.328 e. The third-order valence-corrected chi connectivity index (χ3v) is 5.74. The highest BCUT2D eigenvalue weighted by atomic mass is 35.5. The number of benzene rings is 2. The summed E-state index contributed by atoms with van der Waals surface area (Å²) in [5, 5.41) is 2.89. The first-order chi connectivity index (χ1) is 15.6. The van der Waals surface area contributed by atoms with Gasteiger partial charge in [-0.15, -0.1) is 0 Å². The van der Waals surface area contributed by atoms with Gasteiger partial charge >= 0.3 is 6.03 Å². The van der Waals surface area contributed by atoms with E-state index >= 15 is 0 Å². The van der Waals surface area contributed by atoms with E-state index in [2.05, 4.69) is 31.6 Å². The number of halogens is 1. The molecule has 2 N–H and O–H groups in total. The zero-order valence-electron chi connectivity index (χ0n) is 19.3. The highest BCUT2D eigenvalue weighted by Crippen LogP contribution is 2.40. The maximum absolute atomic E-state index is 12.5. The van der Waals surface area contributed by atoms with Crippen LogP contribution in [0.1, 0.15) is 43.9 Å². The van der Waals surface area contributed by atoms with Crippen molar-refractivity contribution in [2.24, 2.45) is 0 Å². The zero-order chi connectivity index (χ0) is 24.2. The average Bonchev–Trinajstić information content (AvgIpc) is 2.77. The lowest BCUT2D eigenvalue weighted by atomic mass is 9.84. The van der Waals surface area contributed by atoms with Gasteiger partial charge in [0.2, 0.25) is 5.91 Å². The number of amides is 3. The van der Waals surface area contributed by atoms with Crippen molar-refractivity contribution in [3.63, 3.8) is 0 Å². The molecule has 0 radical (unpaired) electrons. The molecule has 2 aromatic rings. The number of carbonyl (C=O) groups is 2. The number of nitrogens with one attached hydrogen (secondary N) is 2. The number of hydrogen-bond acceptors (Lipinski definition) is 6. The number of nitrogens with zero attached hydrogens (tertiary/aromatic N) is 1. The van der Waals surface area contributed by atoms with E-state index in [1.807, 2.05) is 48.7 Å². The summed E-state index contributed by atoms with van der Waals surface area (Å²) in [5.41, 5.74) is 6.52. The molecule has 0 spiro atoms. The number of anilines is 2. The molecular formula is C24H28ClN3O4S. The summed E-state index contributed by atoms with van der Waals surface area (Å²) in [6.45, 7) is 6.54. The number of urea groups is 1. The van der Waals surface area contributed by atoms with Crippen LogP contribution in [0.15, 0.2) is 36.4 Å². The Labute approximate surface area is 203 Å². The molecule has 1 aliphatic heterocycles. The summed E-state index contributed by atoms with van der Waals surface area (Å²) in [5.74, 6) is 0.411. The fourth-order valence-corrected chi connectivity index (χ4v) is 3.92. The predicted octanol–water partition coefficient (Wildman–Crippen LogP) is 5.80. The van der Waals surface area contributed by atoms with Crippen LogP contribution in [0.25, 0.3) is 11.1 Å². The van der Waals surface area contributed by atoms with Crippen LogP contribution in [0.3, 0.4) is 0 Å². The van der Waals surface area contributed by atoms with E-state index in [4.69, 9.17) is 20.6 Å². The average molecular weight is 490 g/mol. The maximum Gasteiger partial charge on any atom is 0.328 e. The molecular weight excluding hydrogens is 462 g/mol. The van der Waals surface area contributed by atoms with Crippen molar-refractivity contribution < 1.29 is 18.6 Å². The topological polar surface area (TPSA) is 79.9 Å². The fraction of sp³-hybridized carbons (Fsp3) is 0.333. The molecule has 0 bridgehead atoms. The molecule has 2 aromatic carbocycles. The molecule has 176 valence electrons. The summed E-state index contributed by atoms with van der Waals surface area (Å²) in [4.78, 5) is 25.7. The van der Waals surface area contributed by atoms with E-state index < -0.39 is 6.03 Å². The molecule has 1 saturated heterocycles. The number of methoxy groups -OCH3 is 1. The largest absolute Gasteiger partial charge is 0.496 e. The van der Waals surface area contributed by atoms with Crippen molar-refractivity contribution >= 4 is 58.1 Å². The van der Waals surface area contributed by atoms with Gasteiger partial charge in [0.1, 0.15) is 5.75 Å². The third kappa shape index (κ3) is 6.01. The van der Waals surface area contributed by atoms with Crippen LogP contribution in [-0.2, 0) is 14.5 Å². The molecule has 0 saturated carbocycles. The number of imide groups is 1. The highest BCUT2D eigenvalue weighted by Gasteiger charge is 2.28. The van der Waals surface area contributed by atoms with Crippen molar-refractivity contribution in [3.8, 4) is 5.75 Å². The van der Waals surface area contributed by atoms with Gasteiger partial charge in [-0.2, -0.15) is 0 Å². The van der Waals surface area contributed by atoms with Gasteiger partial charge in [-0.3, -0.25) is 20.5 Å². The van der Waals surface area contributed by atoms with Crippen molar-refractivity contribution in [2.75, 3.05) is 30.3 Å². The molecule has 1 fully saturated rings. The number of rotatable bonds is 7. The molecule has 33 heavy (non-hydrogen) atoms. The van der Waals surface area contributed by atoms with E-state index in [0.717, 1.165) is 22.4 Å². The number of carbonyl (C=O) groups excluding carboxylic acids is 2. The van der Waals surface area contributed by atoms with E-state index in [1.54, 1.807) is 12.0 Å². The van der Waals surface area contributed by atoms with Gasteiger partial charge in [-0.05, 0) is 41.3 Å². The molecule has 1 heterocycles. The first kappa shape index (κ1) is 25.0. The first-order valence-electron chi connectivity index (χ1n) is 10.4. The van der Waals surface area contributed by atoms with Crippen LogP contribution >= 0.6 is 23.6 Å². The Morgan fingerprint density at radius 1 is 1.21 bits per heavy atom. The van der Waals surface area contributed by atoms with Gasteiger partial charge in [0.25, 0.3) is 0 Å². The molecule has 0 aliphatic carbocycles. The molecule has 9 heteroatoms. The van der Waals surface area contributed by atoms with Gasteiger partial charge in [0.15, 0.2) is 0 Å². The van der Waals surface area contributed by atoms with Gasteiger partial charge in [-0.1, -0.05) is 44.5 Å². The minimum absolute atomic E-state index is 0.245. The lowest BCUT2D eigenvalue weighted by Gasteiger charge is -2.30. The first-order valence-corrected chi connectivity index (χ1v) is 11.9. The lowest BCUT2D eigenvalue weighted by Crippen LogP contribution is -2.49. The van der Waals surface area contributed by atoms with Gasteiger partial charge in [0.05, 0.1) is 12.8 Å². The second-order valence-corrected chi connectivity index (χ2v) is 9.45. The van der Waals surface area contributed by atoms with E-state index in [9.17, 15) is 9.59 Å². The monoisotopic (exact) mass is 489 g/mol. The molecule has 1 aliphatic rings. The van der Waals surface area contributed by atoms with Crippen LogP contribution in [0.4, 0.5) is 16.2 Å². The molecule has 0 atom stereocenters. The summed E-state index contributed by atoms with van der Waals surface area (Å²) < 4.78 is 10.9. The number of hydrogen-bond donors (Lipinski definition) is 2. The minimum Gasteiger partial charge on any atom is -0.496 e. The van der Waals surface area contributed by atoms with Crippen molar-refractivity contribution in [1.29, 1.82) is 0 Å². The van der Waals surface area contributed by atoms with Crippen LogP contribution in [-0.4, -0.2) is 31.8 Å². The fourth-order valence-electron chi connectivity index (χ4n) is 3.50.